The molecule has 1 unspecified atom stereocenters. The van der Waals surface area contributed by atoms with E-state index in [-0.39, 0.29) is 6.17 Å². The van der Waals surface area contributed by atoms with Gasteiger partial charge in [0.05, 0.1) is 22.1 Å². The van der Waals surface area contributed by atoms with E-state index in [0.29, 0.717) is 5.84 Å². The number of rotatable bonds is 5. The smallest absolute Gasteiger partial charge is 0.159 e. The molecule has 3 aromatic heterocycles. The number of hydrogen-bond acceptors (Lipinski definition) is 4. The number of benzene rings is 10. The van der Waals surface area contributed by atoms with Gasteiger partial charge in [-0.2, -0.15) is 0 Å². The predicted molar refractivity (Wildman–Crippen MR) is 269 cm³/mol. The first-order valence-electron chi connectivity index (χ1n) is 22.1. The third kappa shape index (κ3) is 5.54. The van der Waals surface area contributed by atoms with Gasteiger partial charge in [-0.05, 0) is 93.8 Å². The van der Waals surface area contributed by atoms with Crippen molar-refractivity contribution >= 4 is 98.8 Å². The summed E-state index contributed by atoms with van der Waals surface area (Å²) >= 11 is 0. The minimum Gasteiger partial charge on any atom is -0.456 e. The zero-order chi connectivity index (χ0) is 42.6. The standard InChI is InChI=1S/C59H37N5O/c1-2-16-43(17-3-1)63-51-20-10-8-18-45(51)48-29-30-49-46-19-9-11-21-52(46)64(56(49)55(48)63)44-27-31-53-50(35-44)47-28-26-42(34-54(47)65-53)59-61-57(40-24-22-36-12-4-6-14-38(36)32-40)60-58(62-59)41-25-23-37-13-5-7-15-39(37)33-41/h1-35,57H,(H,60,61,62). The molecule has 10 aromatic carbocycles. The van der Waals surface area contributed by atoms with Crippen molar-refractivity contribution in [1.82, 2.24) is 14.5 Å². The second-order valence-corrected chi connectivity index (χ2v) is 17.0. The van der Waals surface area contributed by atoms with Crippen LogP contribution in [-0.4, -0.2) is 20.8 Å². The Morgan fingerprint density at radius 2 is 1.00 bits per heavy atom. The van der Waals surface area contributed by atoms with Crippen LogP contribution >= 0.6 is 0 Å². The Morgan fingerprint density at radius 1 is 0.400 bits per heavy atom. The molecule has 0 fully saturated rings. The highest BCUT2D eigenvalue weighted by molar-refractivity contribution is 6.24. The Bertz CT molecular complexity index is 4170. The number of amidine groups is 2. The fraction of sp³-hybridized carbons (Fsp3) is 0.0169. The third-order valence-electron chi connectivity index (χ3n) is 13.3. The van der Waals surface area contributed by atoms with Crippen molar-refractivity contribution in [2.45, 2.75) is 6.17 Å². The summed E-state index contributed by atoms with van der Waals surface area (Å²) in [5.74, 6) is 1.43. The van der Waals surface area contributed by atoms with Crippen molar-refractivity contribution < 1.29 is 4.42 Å². The fourth-order valence-electron chi connectivity index (χ4n) is 10.3. The van der Waals surface area contributed by atoms with Crippen molar-refractivity contribution in [1.29, 1.82) is 0 Å². The summed E-state index contributed by atoms with van der Waals surface area (Å²) in [6.07, 6.45) is -0.347. The van der Waals surface area contributed by atoms with Crippen molar-refractivity contribution in [3.8, 4) is 11.4 Å². The first-order valence-corrected chi connectivity index (χ1v) is 22.1. The molecule has 304 valence electrons. The molecule has 6 heteroatoms. The number of furan rings is 1. The van der Waals surface area contributed by atoms with Gasteiger partial charge in [-0.25, -0.2) is 9.98 Å². The van der Waals surface area contributed by atoms with Crippen LogP contribution in [0.1, 0.15) is 22.9 Å². The molecule has 1 atom stereocenters. The summed E-state index contributed by atoms with van der Waals surface area (Å²) in [4.78, 5) is 10.4. The van der Waals surface area contributed by atoms with E-state index in [9.17, 15) is 0 Å². The lowest BCUT2D eigenvalue weighted by Gasteiger charge is -2.24. The maximum Gasteiger partial charge on any atom is 0.159 e. The summed E-state index contributed by atoms with van der Waals surface area (Å²) in [6.45, 7) is 0. The molecule has 65 heavy (non-hydrogen) atoms. The zero-order valence-electron chi connectivity index (χ0n) is 35.0. The van der Waals surface area contributed by atoms with Crippen LogP contribution in [0.25, 0.3) is 98.5 Å². The van der Waals surface area contributed by atoms with Gasteiger partial charge >= 0.3 is 0 Å². The second-order valence-electron chi connectivity index (χ2n) is 17.0. The lowest BCUT2D eigenvalue weighted by atomic mass is 10.0. The van der Waals surface area contributed by atoms with Gasteiger partial charge in [-0.1, -0.05) is 146 Å². The van der Waals surface area contributed by atoms with Crippen LogP contribution < -0.4 is 5.32 Å². The van der Waals surface area contributed by atoms with Gasteiger partial charge < -0.3 is 18.9 Å². The summed E-state index contributed by atoms with van der Waals surface area (Å²) in [5.41, 5.74) is 11.5. The van der Waals surface area contributed by atoms with Crippen LogP contribution in [0, 0.1) is 0 Å². The molecule has 0 bridgehead atoms. The molecule has 1 aliphatic rings. The van der Waals surface area contributed by atoms with E-state index in [0.717, 1.165) is 66.7 Å². The van der Waals surface area contributed by atoms with E-state index in [1.807, 2.05) is 0 Å². The topological polar surface area (TPSA) is 59.8 Å². The summed E-state index contributed by atoms with van der Waals surface area (Å²) < 4.78 is 11.6. The molecule has 1 aliphatic heterocycles. The fourth-order valence-corrected chi connectivity index (χ4v) is 10.3. The summed E-state index contributed by atoms with van der Waals surface area (Å²) in [6, 6.07) is 75.7. The Balaban J connectivity index is 0.929. The SMILES string of the molecule is c1ccc(-n2c3ccccc3c3ccc4c5ccccc5n(-c5ccc6oc7cc(C8=NC(c9ccc%10ccccc%10c9)=NC(c9ccc%10ccccc%10c9)N8)ccc7c6c5)c4c32)cc1. The van der Waals surface area contributed by atoms with Gasteiger partial charge in [0, 0.05) is 54.8 Å². The van der Waals surface area contributed by atoms with Crippen LogP contribution in [-0.2, 0) is 0 Å². The van der Waals surface area contributed by atoms with E-state index in [1.165, 1.54) is 54.3 Å². The molecule has 0 saturated heterocycles. The lowest BCUT2D eigenvalue weighted by molar-refractivity contribution is 0.666. The quantitative estimate of drug-likeness (QED) is 0.188. The molecule has 0 aliphatic carbocycles. The maximum atomic E-state index is 6.71. The molecule has 0 radical (unpaired) electrons. The van der Waals surface area contributed by atoms with Gasteiger partial charge in [-0.3, -0.25) is 0 Å². The number of nitrogens with one attached hydrogen (secondary N) is 1. The van der Waals surface area contributed by atoms with Crippen molar-refractivity contribution in [2.24, 2.45) is 9.98 Å². The Kier molecular flexibility index (Phi) is 7.65. The number of hydrogen-bond donors (Lipinski definition) is 1. The number of fused-ring (bicyclic) bond motifs is 12. The van der Waals surface area contributed by atoms with Crippen LogP contribution in [0.15, 0.2) is 227 Å². The van der Waals surface area contributed by atoms with E-state index in [4.69, 9.17) is 14.4 Å². The molecule has 0 amide bonds. The molecule has 14 rings (SSSR count). The Hall–Kier alpha value is -8.74. The Morgan fingerprint density at radius 3 is 1.74 bits per heavy atom. The van der Waals surface area contributed by atoms with Crippen molar-refractivity contribution in [3.63, 3.8) is 0 Å². The predicted octanol–water partition coefficient (Wildman–Crippen LogP) is 14.6. The average Bonchev–Trinajstić information content (AvgIpc) is 4.03. The van der Waals surface area contributed by atoms with E-state index in [1.54, 1.807) is 0 Å². The number of aromatic nitrogens is 2. The minimum atomic E-state index is -0.347. The first-order chi connectivity index (χ1) is 32.2. The van der Waals surface area contributed by atoms with Crippen LogP contribution in [0.4, 0.5) is 0 Å². The average molecular weight is 832 g/mol. The monoisotopic (exact) mass is 831 g/mol. The molecule has 0 spiro atoms. The highest BCUT2D eigenvalue weighted by Crippen LogP contribution is 2.42. The third-order valence-corrected chi connectivity index (χ3v) is 13.3. The maximum absolute atomic E-state index is 6.71. The molecule has 4 heterocycles. The van der Waals surface area contributed by atoms with Gasteiger partial charge in [0.1, 0.15) is 23.2 Å². The number of para-hydroxylation sites is 3. The molecule has 1 N–H and O–H groups in total. The van der Waals surface area contributed by atoms with E-state index >= 15 is 0 Å². The normalized spacial score (nSPS) is 14.3. The van der Waals surface area contributed by atoms with E-state index in [2.05, 4.69) is 227 Å². The van der Waals surface area contributed by atoms with Gasteiger partial charge in [0.25, 0.3) is 0 Å². The Labute approximate surface area is 372 Å². The zero-order valence-corrected chi connectivity index (χ0v) is 35.0. The minimum absolute atomic E-state index is 0.347. The highest BCUT2D eigenvalue weighted by atomic mass is 16.3. The summed E-state index contributed by atoms with van der Waals surface area (Å²) in [7, 11) is 0. The first kappa shape index (κ1) is 35.8. The largest absolute Gasteiger partial charge is 0.456 e. The van der Waals surface area contributed by atoms with Gasteiger partial charge in [0.15, 0.2) is 5.84 Å². The molecule has 13 aromatic rings. The molecular formula is C59H37N5O. The van der Waals surface area contributed by atoms with Crippen LogP contribution in [0.2, 0.25) is 0 Å². The lowest BCUT2D eigenvalue weighted by Crippen LogP contribution is -2.33. The second kappa shape index (κ2) is 13.9. The molecule has 0 saturated carbocycles. The van der Waals surface area contributed by atoms with Crippen LogP contribution in [0.3, 0.4) is 0 Å². The summed E-state index contributed by atoms with van der Waals surface area (Å²) in [5, 5.41) is 15.4. The number of nitrogens with zero attached hydrogens (tertiary/aromatic N) is 4. The van der Waals surface area contributed by atoms with Gasteiger partial charge in [-0.15, -0.1) is 0 Å². The highest BCUT2D eigenvalue weighted by Gasteiger charge is 2.24. The number of aliphatic imine (C=N–C) groups is 2. The molecular weight excluding hydrogens is 795 g/mol. The van der Waals surface area contributed by atoms with E-state index < -0.39 is 0 Å². The van der Waals surface area contributed by atoms with Crippen molar-refractivity contribution in [3.05, 3.63) is 229 Å². The molecule has 6 nitrogen and oxygen atoms in total. The van der Waals surface area contributed by atoms with Crippen molar-refractivity contribution in [2.75, 3.05) is 0 Å². The van der Waals surface area contributed by atoms with Gasteiger partial charge in [0.2, 0.25) is 0 Å². The van der Waals surface area contributed by atoms with Crippen LogP contribution in [0.5, 0.6) is 0 Å².